The van der Waals surface area contributed by atoms with E-state index in [-0.39, 0.29) is 5.91 Å². The number of allylic oxidation sites excluding steroid dienone is 2. The van der Waals surface area contributed by atoms with Crippen LogP contribution in [0.15, 0.2) is 36.4 Å². The summed E-state index contributed by atoms with van der Waals surface area (Å²) in [5.41, 5.74) is 0.778. The Morgan fingerprint density at radius 1 is 0.963 bits per heavy atom. The van der Waals surface area contributed by atoms with Gasteiger partial charge in [0.2, 0.25) is 0 Å². The average Bonchev–Trinajstić information content (AvgIpc) is 3.25. The molecule has 4 rings (SSSR count). The van der Waals surface area contributed by atoms with Gasteiger partial charge in [0.05, 0.1) is 0 Å². The predicted molar refractivity (Wildman–Crippen MR) is 108 cm³/mol. The minimum Gasteiger partial charge on any atom is -0.490 e. The third-order valence-corrected chi connectivity index (χ3v) is 6.23. The van der Waals surface area contributed by atoms with E-state index in [1.165, 1.54) is 25.8 Å². The van der Waals surface area contributed by atoms with E-state index in [4.69, 9.17) is 4.74 Å². The summed E-state index contributed by atoms with van der Waals surface area (Å²) < 4.78 is 6.19. The van der Waals surface area contributed by atoms with E-state index < -0.39 is 0 Å². The van der Waals surface area contributed by atoms with Crippen LogP contribution < -0.4 is 4.74 Å². The van der Waals surface area contributed by atoms with E-state index in [0.717, 1.165) is 69.1 Å². The lowest BCUT2D eigenvalue weighted by Crippen LogP contribution is -2.40. The number of amides is 1. The Kier molecular flexibility index (Phi) is 6.13. The van der Waals surface area contributed by atoms with E-state index in [9.17, 15) is 4.79 Å². The summed E-state index contributed by atoms with van der Waals surface area (Å²) in [5.74, 6) is 1.89. The molecule has 1 aliphatic carbocycles. The van der Waals surface area contributed by atoms with Crippen LogP contribution in [0.25, 0.3) is 0 Å². The van der Waals surface area contributed by atoms with Crippen LogP contribution in [-0.2, 0) is 0 Å². The molecule has 4 nitrogen and oxygen atoms in total. The second-order valence-electron chi connectivity index (χ2n) is 8.29. The fourth-order valence-corrected chi connectivity index (χ4v) is 4.57. The fourth-order valence-electron chi connectivity index (χ4n) is 4.57. The van der Waals surface area contributed by atoms with Gasteiger partial charge >= 0.3 is 0 Å². The van der Waals surface area contributed by atoms with E-state index in [1.807, 2.05) is 29.2 Å². The highest BCUT2D eigenvalue weighted by atomic mass is 16.5. The number of hydrogen-bond donors (Lipinski definition) is 0. The number of likely N-dealkylation sites (tertiary alicyclic amines) is 2. The van der Waals surface area contributed by atoms with Crippen molar-refractivity contribution in [1.29, 1.82) is 0 Å². The molecule has 0 unspecified atom stereocenters. The van der Waals surface area contributed by atoms with Crippen molar-refractivity contribution in [3.63, 3.8) is 0 Å². The second kappa shape index (κ2) is 8.92. The maximum atomic E-state index is 12.4. The van der Waals surface area contributed by atoms with Crippen molar-refractivity contribution in [3.05, 3.63) is 42.0 Å². The number of benzene rings is 1. The van der Waals surface area contributed by atoms with E-state index in [2.05, 4.69) is 17.1 Å². The highest BCUT2D eigenvalue weighted by molar-refractivity contribution is 5.94. The summed E-state index contributed by atoms with van der Waals surface area (Å²) in [5, 5.41) is 0. The van der Waals surface area contributed by atoms with Gasteiger partial charge in [-0.05, 0) is 75.1 Å². The molecule has 4 heteroatoms. The second-order valence-corrected chi connectivity index (χ2v) is 8.29. The Labute approximate surface area is 163 Å². The Bertz CT molecular complexity index is 641. The van der Waals surface area contributed by atoms with Gasteiger partial charge in [0.1, 0.15) is 11.9 Å². The first-order chi connectivity index (χ1) is 13.3. The van der Waals surface area contributed by atoms with Crippen LogP contribution in [0, 0.1) is 5.92 Å². The van der Waals surface area contributed by atoms with Gasteiger partial charge in [-0.1, -0.05) is 12.2 Å². The summed E-state index contributed by atoms with van der Waals surface area (Å²) in [7, 11) is 0. The zero-order valence-corrected chi connectivity index (χ0v) is 16.3. The molecular formula is C23H32N2O2. The van der Waals surface area contributed by atoms with Crippen molar-refractivity contribution in [2.45, 2.75) is 51.0 Å². The van der Waals surface area contributed by atoms with E-state index >= 15 is 0 Å². The third-order valence-electron chi connectivity index (χ3n) is 6.23. The molecule has 27 heavy (non-hydrogen) atoms. The first-order valence-corrected chi connectivity index (χ1v) is 10.7. The average molecular weight is 369 g/mol. The zero-order chi connectivity index (χ0) is 18.5. The molecule has 0 N–H and O–H groups in total. The molecular weight excluding hydrogens is 336 g/mol. The molecule has 0 bridgehead atoms. The third kappa shape index (κ3) is 4.92. The molecule has 0 aromatic heterocycles. The largest absolute Gasteiger partial charge is 0.490 e. The maximum absolute atomic E-state index is 12.4. The van der Waals surface area contributed by atoms with Gasteiger partial charge in [-0.3, -0.25) is 4.79 Å². The topological polar surface area (TPSA) is 32.8 Å². The highest BCUT2D eigenvalue weighted by Crippen LogP contribution is 2.24. The van der Waals surface area contributed by atoms with Crippen molar-refractivity contribution in [2.75, 3.05) is 32.7 Å². The summed E-state index contributed by atoms with van der Waals surface area (Å²) in [6.45, 7) is 5.30. The SMILES string of the molecule is O=C(c1ccc(OC2CCN(C[C@H]3CC=CCC3)CC2)cc1)N1CCCC1. The highest BCUT2D eigenvalue weighted by Gasteiger charge is 2.23. The summed E-state index contributed by atoms with van der Waals surface area (Å²) >= 11 is 0. The van der Waals surface area contributed by atoms with Gasteiger partial charge in [0.25, 0.3) is 5.91 Å². The minimum absolute atomic E-state index is 0.157. The molecule has 1 atom stereocenters. The number of carbonyl (C=O) groups excluding carboxylic acids is 1. The van der Waals surface area contributed by atoms with Crippen molar-refractivity contribution in [2.24, 2.45) is 5.92 Å². The molecule has 3 aliphatic rings. The quantitative estimate of drug-likeness (QED) is 0.733. The van der Waals surface area contributed by atoms with Crippen LogP contribution in [0.2, 0.25) is 0 Å². The van der Waals surface area contributed by atoms with Gasteiger partial charge in [0.15, 0.2) is 0 Å². The van der Waals surface area contributed by atoms with Crippen LogP contribution in [0.4, 0.5) is 0 Å². The summed E-state index contributed by atoms with van der Waals surface area (Å²) in [6.07, 6.45) is 13.3. The fraction of sp³-hybridized carbons (Fsp3) is 0.609. The van der Waals surface area contributed by atoms with Crippen LogP contribution in [0.1, 0.15) is 55.3 Å². The van der Waals surface area contributed by atoms with Crippen molar-refractivity contribution in [1.82, 2.24) is 9.80 Å². The lowest BCUT2D eigenvalue weighted by atomic mass is 9.93. The molecule has 146 valence electrons. The zero-order valence-electron chi connectivity index (χ0n) is 16.3. The molecule has 2 saturated heterocycles. The number of carbonyl (C=O) groups is 1. The Balaban J connectivity index is 1.23. The van der Waals surface area contributed by atoms with E-state index in [0.29, 0.717) is 6.10 Å². The molecule has 2 fully saturated rings. The normalized spacial score (nSPS) is 24.3. The van der Waals surface area contributed by atoms with Gasteiger partial charge in [0, 0.05) is 38.3 Å². The molecule has 0 spiro atoms. The maximum Gasteiger partial charge on any atom is 0.253 e. The lowest BCUT2D eigenvalue weighted by molar-refractivity contribution is 0.0792. The van der Waals surface area contributed by atoms with Crippen LogP contribution >= 0.6 is 0 Å². The van der Waals surface area contributed by atoms with Gasteiger partial charge in [-0.15, -0.1) is 0 Å². The molecule has 2 heterocycles. The molecule has 0 radical (unpaired) electrons. The molecule has 1 aromatic rings. The molecule has 2 aliphatic heterocycles. The monoisotopic (exact) mass is 368 g/mol. The molecule has 0 saturated carbocycles. The Morgan fingerprint density at radius 2 is 1.70 bits per heavy atom. The van der Waals surface area contributed by atoms with Crippen molar-refractivity contribution < 1.29 is 9.53 Å². The lowest BCUT2D eigenvalue weighted by Gasteiger charge is -2.34. The number of nitrogens with zero attached hydrogens (tertiary/aromatic N) is 2. The Hall–Kier alpha value is -1.81. The van der Waals surface area contributed by atoms with Gasteiger partial charge in [-0.25, -0.2) is 0 Å². The van der Waals surface area contributed by atoms with Crippen molar-refractivity contribution in [3.8, 4) is 5.75 Å². The first-order valence-electron chi connectivity index (χ1n) is 10.7. The Morgan fingerprint density at radius 3 is 2.37 bits per heavy atom. The summed E-state index contributed by atoms with van der Waals surface area (Å²) in [6, 6.07) is 7.76. The van der Waals surface area contributed by atoms with Crippen molar-refractivity contribution >= 4 is 5.91 Å². The number of hydrogen-bond acceptors (Lipinski definition) is 3. The molecule has 1 amide bonds. The van der Waals surface area contributed by atoms with Gasteiger partial charge < -0.3 is 14.5 Å². The van der Waals surface area contributed by atoms with Crippen LogP contribution in [0.3, 0.4) is 0 Å². The van der Waals surface area contributed by atoms with E-state index in [1.54, 1.807) is 0 Å². The smallest absolute Gasteiger partial charge is 0.253 e. The number of ether oxygens (including phenoxy) is 1. The molecule has 1 aromatic carbocycles. The number of piperidine rings is 1. The predicted octanol–water partition coefficient (Wildman–Crippen LogP) is 4.12. The number of rotatable bonds is 5. The first kappa shape index (κ1) is 18.5. The van der Waals surface area contributed by atoms with Crippen LogP contribution in [-0.4, -0.2) is 54.5 Å². The standard InChI is InChI=1S/C23H32N2O2/c26-23(25-14-4-5-15-25)20-8-10-21(11-9-20)27-22-12-16-24(17-13-22)18-19-6-2-1-3-7-19/h1-2,8-11,19,22H,3-7,12-18H2/t19-/m0/s1. The summed E-state index contributed by atoms with van der Waals surface area (Å²) in [4.78, 5) is 17.0. The van der Waals surface area contributed by atoms with Crippen LogP contribution in [0.5, 0.6) is 5.75 Å². The van der Waals surface area contributed by atoms with Gasteiger partial charge in [-0.2, -0.15) is 0 Å². The minimum atomic E-state index is 0.157.